The van der Waals surface area contributed by atoms with E-state index in [2.05, 4.69) is 10.6 Å². The lowest BCUT2D eigenvalue weighted by Crippen LogP contribution is -2.34. The Morgan fingerprint density at radius 2 is 1.76 bits per heavy atom. The summed E-state index contributed by atoms with van der Waals surface area (Å²) in [6.07, 6.45) is 0.666. The lowest BCUT2D eigenvalue weighted by Gasteiger charge is -2.14. The zero-order valence-corrected chi connectivity index (χ0v) is 20.4. The Hall–Kier alpha value is -3.23. The molecule has 3 aromatic rings. The van der Waals surface area contributed by atoms with Gasteiger partial charge in [0.15, 0.2) is 5.11 Å². The first kappa shape index (κ1) is 24.4. The third kappa shape index (κ3) is 6.40. The number of carbonyl (C=O) groups is 2. The molecule has 0 radical (unpaired) electrons. The van der Waals surface area contributed by atoms with E-state index in [1.165, 1.54) is 11.3 Å². The van der Waals surface area contributed by atoms with Crippen molar-refractivity contribution in [1.82, 2.24) is 5.32 Å². The number of nitrogens with one attached hydrogen (secondary N) is 2. The molecule has 0 saturated heterocycles. The van der Waals surface area contributed by atoms with E-state index < -0.39 is 11.8 Å². The molecule has 1 heterocycles. The summed E-state index contributed by atoms with van der Waals surface area (Å²) in [6, 6.07) is 17.0. The number of benzene rings is 2. The molecule has 3 rings (SSSR count). The summed E-state index contributed by atoms with van der Waals surface area (Å²) >= 11 is 6.76. The molecule has 4 N–H and O–H groups in total. The first-order valence-corrected chi connectivity index (χ1v) is 11.8. The van der Waals surface area contributed by atoms with Gasteiger partial charge < -0.3 is 15.8 Å². The molecule has 0 spiro atoms. The fourth-order valence-electron chi connectivity index (χ4n) is 3.24. The van der Waals surface area contributed by atoms with Crippen LogP contribution < -0.4 is 21.1 Å². The molecule has 0 unspecified atom stereocenters. The summed E-state index contributed by atoms with van der Waals surface area (Å²) in [6.45, 7) is 6.43. The Labute approximate surface area is 203 Å². The highest BCUT2D eigenvalue weighted by Crippen LogP contribution is 2.34. The van der Waals surface area contributed by atoms with Crippen LogP contribution in [0, 0.1) is 12.8 Å². The van der Waals surface area contributed by atoms with Crippen molar-refractivity contribution in [3.05, 3.63) is 81.7 Å². The van der Waals surface area contributed by atoms with Crippen molar-refractivity contribution < 1.29 is 14.3 Å². The van der Waals surface area contributed by atoms with Crippen LogP contribution in [0.25, 0.3) is 0 Å². The minimum Gasteiger partial charge on any atom is -0.492 e. The Morgan fingerprint density at radius 3 is 2.42 bits per heavy atom. The van der Waals surface area contributed by atoms with Gasteiger partial charge in [0.05, 0.1) is 17.7 Å². The number of primary amides is 1. The summed E-state index contributed by atoms with van der Waals surface area (Å²) in [7, 11) is 0. The van der Waals surface area contributed by atoms with Crippen LogP contribution in [-0.2, 0) is 6.42 Å². The first-order valence-electron chi connectivity index (χ1n) is 10.6. The Balaban J connectivity index is 1.76. The number of thiocarbonyl (C=S) groups is 1. The first-order chi connectivity index (χ1) is 15.8. The average molecular weight is 482 g/mol. The monoisotopic (exact) mass is 481 g/mol. The molecule has 2 amide bonds. The number of carbonyl (C=O) groups excluding carboxylic acids is 2. The van der Waals surface area contributed by atoms with Crippen molar-refractivity contribution in [3.8, 4) is 5.75 Å². The second kappa shape index (κ2) is 11.1. The molecule has 0 saturated carbocycles. The maximum absolute atomic E-state index is 12.8. The van der Waals surface area contributed by atoms with Gasteiger partial charge in [0.1, 0.15) is 10.8 Å². The number of rotatable bonds is 8. The maximum Gasteiger partial charge on any atom is 0.261 e. The van der Waals surface area contributed by atoms with Crippen LogP contribution >= 0.6 is 23.6 Å². The molecule has 0 fully saturated rings. The minimum atomic E-state index is -0.549. The molecule has 172 valence electrons. The molecule has 2 aromatic carbocycles. The van der Waals surface area contributed by atoms with Gasteiger partial charge in [-0.25, -0.2) is 0 Å². The van der Waals surface area contributed by atoms with Gasteiger partial charge in [-0.15, -0.1) is 11.3 Å². The van der Waals surface area contributed by atoms with Gasteiger partial charge in [-0.1, -0.05) is 56.3 Å². The molecular weight excluding hydrogens is 454 g/mol. The summed E-state index contributed by atoms with van der Waals surface area (Å²) in [5, 5.41) is 6.25. The van der Waals surface area contributed by atoms with E-state index >= 15 is 0 Å². The fourth-order valence-corrected chi connectivity index (χ4v) is 4.75. The molecule has 6 nitrogen and oxygen atoms in total. The van der Waals surface area contributed by atoms with Crippen LogP contribution in [0.2, 0.25) is 0 Å². The van der Waals surface area contributed by atoms with Crippen molar-refractivity contribution in [2.45, 2.75) is 27.2 Å². The van der Waals surface area contributed by atoms with E-state index in [-0.39, 0.29) is 5.11 Å². The van der Waals surface area contributed by atoms with Gasteiger partial charge >= 0.3 is 0 Å². The number of nitrogens with two attached hydrogens (primary N) is 1. The number of thiophene rings is 1. The van der Waals surface area contributed by atoms with E-state index in [4.69, 9.17) is 22.7 Å². The quantitative estimate of drug-likeness (QED) is 0.398. The topological polar surface area (TPSA) is 93.4 Å². The molecular formula is C25H27N3O3S2. The van der Waals surface area contributed by atoms with Gasteiger partial charge in [-0.2, -0.15) is 0 Å². The van der Waals surface area contributed by atoms with E-state index in [9.17, 15) is 9.59 Å². The van der Waals surface area contributed by atoms with Crippen LogP contribution in [0.3, 0.4) is 0 Å². The summed E-state index contributed by atoms with van der Waals surface area (Å²) in [5.74, 6) is -0.137. The van der Waals surface area contributed by atoms with Gasteiger partial charge in [-0.3, -0.25) is 14.9 Å². The average Bonchev–Trinajstić information content (AvgIpc) is 3.07. The van der Waals surface area contributed by atoms with Gasteiger partial charge in [0.25, 0.3) is 11.8 Å². The summed E-state index contributed by atoms with van der Waals surface area (Å²) in [5.41, 5.74) is 8.33. The van der Waals surface area contributed by atoms with Crippen LogP contribution in [0.1, 0.15) is 50.6 Å². The van der Waals surface area contributed by atoms with Crippen LogP contribution in [0.4, 0.5) is 5.00 Å². The highest BCUT2D eigenvalue weighted by atomic mass is 32.1. The Morgan fingerprint density at radius 1 is 1.09 bits per heavy atom. The van der Waals surface area contributed by atoms with E-state index in [1.807, 2.05) is 57.2 Å². The molecule has 0 atom stereocenters. The smallest absolute Gasteiger partial charge is 0.261 e. The molecule has 1 aromatic heterocycles. The Kier molecular flexibility index (Phi) is 8.19. The maximum atomic E-state index is 12.8. The normalized spacial score (nSPS) is 10.7. The number of amides is 2. The molecule has 0 aliphatic carbocycles. The fraction of sp³-hybridized carbons (Fsp3) is 0.240. The molecule has 0 aliphatic rings. The third-order valence-electron chi connectivity index (χ3n) is 4.86. The standard InChI is InChI=1S/C25H27N3O3S2/c1-15(2)14-31-19-12-8-7-11-18(19)23(30)27-25(32)28-24-21(22(26)29)16(3)20(33-24)13-17-9-5-4-6-10-17/h4-12,15H,13-14H2,1-3H3,(H2,26,29)(H2,27,28,30,32). The van der Waals surface area contributed by atoms with Crippen molar-refractivity contribution in [1.29, 1.82) is 0 Å². The molecule has 33 heavy (non-hydrogen) atoms. The number of anilines is 1. The summed E-state index contributed by atoms with van der Waals surface area (Å²) in [4.78, 5) is 26.0. The van der Waals surface area contributed by atoms with Crippen molar-refractivity contribution in [2.24, 2.45) is 11.7 Å². The second-order valence-electron chi connectivity index (χ2n) is 7.99. The number of ether oxygens (including phenoxy) is 1. The number of hydrogen-bond acceptors (Lipinski definition) is 5. The largest absolute Gasteiger partial charge is 0.492 e. The van der Waals surface area contributed by atoms with Crippen LogP contribution in [-0.4, -0.2) is 23.5 Å². The predicted molar refractivity (Wildman–Crippen MR) is 137 cm³/mol. The molecule has 0 aliphatic heterocycles. The lowest BCUT2D eigenvalue weighted by molar-refractivity contribution is 0.0971. The SMILES string of the molecule is Cc1c(Cc2ccccc2)sc(NC(=S)NC(=O)c2ccccc2OCC(C)C)c1C(N)=O. The van der Waals surface area contributed by atoms with Gasteiger partial charge in [0, 0.05) is 11.3 Å². The second-order valence-corrected chi connectivity index (χ2v) is 9.50. The number of hydrogen-bond donors (Lipinski definition) is 3. The van der Waals surface area contributed by atoms with Crippen LogP contribution in [0.15, 0.2) is 54.6 Å². The van der Waals surface area contributed by atoms with Crippen molar-refractivity contribution in [2.75, 3.05) is 11.9 Å². The molecule has 8 heteroatoms. The highest BCUT2D eigenvalue weighted by molar-refractivity contribution is 7.80. The highest BCUT2D eigenvalue weighted by Gasteiger charge is 2.21. The summed E-state index contributed by atoms with van der Waals surface area (Å²) < 4.78 is 5.76. The van der Waals surface area contributed by atoms with Gasteiger partial charge in [0.2, 0.25) is 0 Å². The zero-order chi connectivity index (χ0) is 24.0. The Bertz CT molecular complexity index is 1160. The third-order valence-corrected chi connectivity index (χ3v) is 6.27. The lowest BCUT2D eigenvalue weighted by atomic mass is 10.1. The van der Waals surface area contributed by atoms with Crippen LogP contribution in [0.5, 0.6) is 5.75 Å². The van der Waals surface area contributed by atoms with Crippen molar-refractivity contribution in [3.63, 3.8) is 0 Å². The molecule has 0 bridgehead atoms. The minimum absolute atomic E-state index is 0.0775. The van der Waals surface area contributed by atoms with E-state index in [0.29, 0.717) is 40.8 Å². The van der Waals surface area contributed by atoms with Crippen molar-refractivity contribution >= 4 is 45.5 Å². The van der Waals surface area contributed by atoms with E-state index in [0.717, 1.165) is 16.0 Å². The number of para-hydroxylation sites is 1. The zero-order valence-electron chi connectivity index (χ0n) is 18.8. The predicted octanol–water partition coefficient (Wildman–Crippen LogP) is 4.91. The van der Waals surface area contributed by atoms with Gasteiger partial charge in [-0.05, 0) is 48.3 Å². The van der Waals surface area contributed by atoms with E-state index in [1.54, 1.807) is 18.2 Å².